The Kier molecular flexibility index (Phi) is 30.2. The molecule has 2 saturated heterocycles. The Labute approximate surface area is 476 Å². The van der Waals surface area contributed by atoms with Crippen LogP contribution in [0.15, 0.2) is 12.7 Å². The predicted octanol–water partition coefficient (Wildman–Crippen LogP) is 1.39. The number of aliphatic hydroxyl groups is 5. The molecule has 0 aromatic carbocycles. The number of unbranched alkanes of at least 4 members (excludes halogenated alkanes) is 13. The molecule has 2 aromatic rings. The second-order valence-electron chi connectivity index (χ2n) is 21.1. The molecular formula is C48H82N7O22P3S-4. The number of imidazole rings is 1. The lowest BCUT2D eigenvalue weighted by molar-refractivity contribution is -0.347. The highest BCUT2D eigenvalue weighted by Gasteiger charge is 2.47. The van der Waals surface area contributed by atoms with Crippen LogP contribution in [0.4, 0.5) is 5.82 Å². The van der Waals surface area contributed by atoms with E-state index in [1.807, 2.05) is 6.92 Å². The Morgan fingerprint density at radius 1 is 0.840 bits per heavy atom. The number of rotatable bonds is 40. The average Bonchev–Trinajstić information content (AvgIpc) is 3.99. The third kappa shape index (κ3) is 25.9. The van der Waals surface area contributed by atoms with Gasteiger partial charge in [-0.05, 0) is 26.7 Å². The van der Waals surface area contributed by atoms with Crippen molar-refractivity contribution in [1.29, 1.82) is 0 Å². The van der Waals surface area contributed by atoms with Crippen molar-refractivity contribution < 1.29 is 105 Å². The quantitative estimate of drug-likeness (QED) is 0.0345. The normalized spacial score (nSPS) is 24.3. The maximum Gasteiger partial charge on any atom is 0.274 e. The molecule has 2 unspecified atom stereocenters. The van der Waals surface area contributed by atoms with Crippen molar-refractivity contribution in [3.63, 3.8) is 0 Å². The van der Waals surface area contributed by atoms with Gasteiger partial charge in [-0.1, -0.05) is 116 Å². The van der Waals surface area contributed by atoms with Crippen LogP contribution in [-0.2, 0) is 60.2 Å². The molecule has 466 valence electrons. The number of ether oxygens (including phenoxy) is 3. The smallest absolute Gasteiger partial charge is 0.274 e. The standard InChI is InChI=1S/C48H86N7O22P3S/c1-31(73-47-35(58)26-34(57)32(2)74-47)19-17-15-13-11-9-7-5-6-8-10-12-14-16-18-20-33(56)25-38(60)81-24-23-50-37(59)21-22-51-45(63)42(62)48(3,4)28-72-80(69,70)77-79(67,68)71-27-36-41(76-78(64,65)66)40(61)46(75-36)55-30-54-39-43(49)52-29-53-44(39)55/h29-36,40-42,46-47,56-58,61-62H,5-28H2,1-4H3,(H,50,59)(H,51,63)(H,67,68)(H,69,70)(H2,49,52,53)(H2,64,65,66)/p-4/t31-,32+,33-,34-,35-,36-,40-,41-,42+,46-,47-/m1/s1. The molecule has 13 atom stereocenters. The number of hydrogen-bond donors (Lipinski definition) is 8. The maximum absolute atomic E-state index is 12.7. The minimum Gasteiger partial charge on any atom is -0.790 e. The Morgan fingerprint density at radius 3 is 2.05 bits per heavy atom. The molecule has 33 heteroatoms. The number of carbonyl (C=O) groups is 3. The van der Waals surface area contributed by atoms with E-state index < -0.39 is 109 Å². The van der Waals surface area contributed by atoms with Crippen LogP contribution in [-0.4, -0.2) is 155 Å². The molecule has 4 rings (SSSR count). The third-order valence-corrected chi connectivity index (χ3v) is 17.5. The highest BCUT2D eigenvalue weighted by atomic mass is 32.2. The van der Waals surface area contributed by atoms with Crippen molar-refractivity contribution in [3.8, 4) is 0 Å². The monoisotopic (exact) mass is 1230 g/mol. The average molecular weight is 1230 g/mol. The Hall–Kier alpha value is -2.64. The van der Waals surface area contributed by atoms with E-state index in [9.17, 15) is 73.2 Å². The van der Waals surface area contributed by atoms with E-state index in [-0.39, 0.29) is 72.4 Å². The summed E-state index contributed by atoms with van der Waals surface area (Å²) in [6.07, 6.45) is 6.72. The Bertz CT molecular complexity index is 2390. The number of fused-ring (bicyclic) bond motifs is 1. The van der Waals surface area contributed by atoms with Gasteiger partial charge < -0.3 is 93.8 Å². The van der Waals surface area contributed by atoms with Crippen LogP contribution in [0, 0.1) is 5.41 Å². The molecule has 4 heterocycles. The largest absolute Gasteiger partial charge is 0.790 e. The van der Waals surface area contributed by atoms with Gasteiger partial charge in [0.2, 0.25) is 11.8 Å². The molecule has 2 amide bonds. The number of carbonyl (C=O) groups excluding carboxylic acids is 3. The lowest BCUT2D eigenvalue weighted by Crippen LogP contribution is -2.48. The fourth-order valence-electron chi connectivity index (χ4n) is 8.92. The first-order valence-electron chi connectivity index (χ1n) is 27.4. The molecular weight excluding hydrogens is 1150 g/mol. The number of nitrogen functional groups attached to an aromatic ring is 1. The van der Waals surface area contributed by atoms with Crippen LogP contribution in [0.1, 0.15) is 156 Å². The molecule has 9 N–H and O–H groups in total. The number of hydrogen-bond acceptors (Lipinski definition) is 27. The summed E-state index contributed by atoms with van der Waals surface area (Å²) in [7, 11) is -17.7. The number of aromatic nitrogens is 4. The summed E-state index contributed by atoms with van der Waals surface area (Å²) >= 11 is 0.977. The lowest BCUT2D eigenvalue weighted by atomic mass is 9.87. The molecule has 0 spiro atoms. The number of nitrogens with zero attached hydrogens (tertiary/aromatic N) is 4. The van der Waals surface area contributed by atoms with Gasteiger partial charge in [-0.25, -0.2) is 19.3 Å². The summed E-state index contributed by atoms with van der Waals surface area (Å²) in [5, 5.41) is 56.5. The summed E-state index contributed by atoms with van der Waals surface area (Å²) in [6.45, 7) is 3.73. The minimum atomic E-state index is -5.94. The molecule has 2 fully saturated rings. The van der Waals surface area contributed by atoms with Crippen molar-refractivity contribution in [2.75, 3.05) is 37.8 Å². The molecule has 2 aromatic heterocycles. The number of nitrogens with one attached hydrogen (secondary N) is 2. The van der Waals surface area contributed by atoms with Crippen LogP contribution in [0.3, 0.4) is 0 Å². The van der Waals surface area contributed by atoms with Gasteiger partial charge in [0.15, 0.2) is 29.1 Å². The summed E-state index contributed by atoms with van der Waals surface area (Å²) in [5.74, 6) is -1.37. The van der Waals surface area contributed by atoms with Crippen molar-refractivity contribution in [1.82, 2.24) is 30.2 Å². The Morgan fingerprint density at radius 2 is 1.43 bits per heavy atom. The van der Waals surface area contributed by atoms with E-state index in [1.165, 1.54) is 65.2 Å². The number of nitrogens with two attached hydrogens (primary N) is 1. The second kappa shape index (κ2) is 34.5. The number of phosphoric acid groups is 3. The van der Waals surface area contributed by atoms with Crippen LogP contribution in [0.5, 0.6) is 0 Å². The van der Waals surface area contributed by atoms with Crippen LogP contribution < -0.4 is 35.9 Å². The van der Waals surface area contributed by atoms with Gasteiger partial charge in [-0.3, -0.25) is 28.1 Å². The van der Waals surface area contributed by atoms with Crippen LogP contribution in [0.2, 0.25) is 0 Å². The van der Waals surface area contributed by atoms with E-state index >= 15 is 0 Å². The molecule has 0 radical (unpaired) electrons. The number of amides is 2. The zero-order chi connectivity index (χ0) is 60.0. The first-order chi connectivity index (χ1) is 38.1. The van der Waals surface area contributed by atoms with Gasteiger partial charge in [0.05, 0.1) is 51.8 Å². The van der Waals surface area contributed by atoms with Gasteiger partial charge in [0.1, 0.15) is 42.4 Å². The van der Waals surface area contributed by atoms with Crippen molar-refractivity contribution in [2.45, 2.75) is 217 Å². The van der Waals surface area contributed by atoms with E-state index in [1.54, 1.807) is 6.92 Å². The zero-order valence-corrected chi connectivity index (χ0v) is 49.8. The van der Waals surface area contributed by atoms with E-state index in [0.29, 0.717) is 6.42 Å². The van der Waals surface area contributed by atoms with Gasteiger partial charge in [-0.2, -0.15) is 0 Å². The maximum atomic E-state index is 12.7. The van der Waals surface area contributed by atoms with Gasteiger partial charge in [0.25, 0.3) is 15.6 Å². The van der Waals surface area contributed by atoms with E-state index in [2.05, 4.69) is 43.5 Å². The Balaban J connectivity index is 0.978. The molecule has 0 saturated carbocycles. The summed E-state index contributed by atoms with van der Waals surface area (Å²) in [5.41, 5.74) is 4.05. The van der Waals surface area contributed by atoms with Gasteiger partial charge in [0, 0.05) is 43.5 Å². The highest BCUT2D eigenvalue weighted by Crippen LogP contribution is 2.56. The number of aliphatic hydroxyl groups excluding tert-OH is 5. The molecule has 0 bridgehead atoms. The molecule has 29 nitrogen and oxygen atoms in total. The summed E-state index contributed by atoms with van der Waals surface area (Å²) < 4.78 is 72.4. The fraction of sp³-hybridized carbons (Fsp3) is 0.833. The number of anilines is 1. The topological polar surface area (TPSA) is 454 Å². The zero-order valence-electron chi connectivity index (χ0n) is 46.3. The van der Waals surface area contributed by atoms with Crippen LogP contribution >= 0.6 is 35.2 Å². The van der Waals surface area contributed by atoms with E-state index in [0.717, 1.165) is 73.9 Å². The number of thioether (sulfide) groups is 1. The summed E-state index contributed by atoms with van der Waals surface area (Å²) in [6, 6.07) is 0. The fourth-order valence-corrected chi connectivity index (χ4v) is 12.4. The predicted molar refractivity (Wildman–Crippen MR) is 284 cm³/mol. The van der Waals surface area contributed by atoms with Gasteiger partial charge >= 0.3 is 0 Å². The molecule has 2 aliphatic rings. The molecule has 0 aliphatic carbocycles. The van der Waals surface area contributed by atoms with Crippen molar-refractivity contribution in [3.05, 3.63) is 12.7 Å². The first kappa shape index (κ1) is 70.8. The third-order valence-electron chi connectivity index (χ3n) is 13.6. The number of phosphoric ester groups is 3. The van der Waals surface area contributed by atoms with E-state index in [4.69, 9.17) is 19.9 Å². The highest BCUT2D eigenvalue weighted by molar-refractivity contribution is 8.13. The second-order valence-corrected chi connectivity index (χ2v) is 26.3. The first-order valence-corrected chi connectivity index (χ1v) is 32.8. The van der Waals surface area contributed by atoms with Crippen LogP contribution in [0.25, 0.3) is 11.2 Å². The SMILES string of the molecule is C[C@H](CCCCCCCCCCCCCCCC[C@@H](O)CC(=O)SCCNC(=O)CCNC(=O)[C@H](O)C(C)(C)COP(=O)([O-])OP(=O)([O-])OC[C@H]1O[C@@H](n2cnc3c(N)ncnc32)[C@H](O)[C@@H]1OP(=O)([O-])[O-])O[C@@H]1O[C@@H](C)[C@H](O)C[C@H]1O. The molecule has 81 heavy (non-hydrogen) atoms. The van der Waals surface area contributed by atoms with Gasteiger partial charge in [-0.15, -0.1) is 0 Å². The molecule has 2 aliphatic heterocycles. The van der Waals surface area contributed by atoms with Crippen molar-refractivity contribution in [2.24, 2.45) is 5.41 Å². The summed E-state index contributed by atoms with van der Waals surface area (Å²) in [4.78, 5) is 97.3. The lowest BCUT2D eigenvalue weighted by Gasteiger charge is -2.36. The minimum absolute atomic E-state index is 0.00633. The van der Waals surface area contributed by atoms with Crippen molar-refractivity contribution >= 4 is 69.1 Å².